The summed E-state index contributed by atoms with van der Waals surface area (Å²) in [5.74, 6) is -1.11. The van der Waals surface area contributed by atoms with Crippen LogP contribution in [0.1, 0.15) is 47.4 Å². The van der Waals surface area contributed by atoms with Gasteiger partial charge in [-0.25, -0.2) is 0 Å². The maximum absolute atomic E-state index is 13.3. The SMILES string of the molecule is CC(C)N1CC(C(c2ccccc2)c2cccc(-c3ccccc3)c2)n2ncc(=O)c(O)c2C1=O. The lowest BCUT2D eigenvalue weighted by atomic mass is 9.82. The lowest BCUT2D eigenvalue weighted by Crippen LogP contribution is -2.49. The van der Waals surface area contributed by atoms with E-state index in [2.05, 4.69) is 47.6 Å². The van der Waals surface area contributed by atoms with Crippen molar-refractivity contribution in [2.75, 3.05) is 6.54 Å². The molecule has 0 spiro atoms. The lowest BCUT2D eigenvalue weighted by molar-refractivity contribution is 0.0570. The van der Waals surface area contributed by atoms with E-state index < -0.39 is 11.2 Å². The van der Waals surface area contributed by atoms with Crippen molar-refractivity contribution in [3.8, 4) is 16.9 Å². The molecule has 2 unspecified atom stereocenters. The highest BCUT2D eigenvalue weighted by Gasteiger charge is 2.40. The monoisotopic (exact) mass is 465 g/mol. The third-order valence-electron chi connectivity index (χ3n) is 6.67. The summed E-state index contributed by atoms with van der Waals surface area (Å²) < 4.78 is 1.55. The quantitative estimate of drug-likeness (QED) is 0.457. The molecule has 6 nitrogen and oxygen atoms in total. The number of benzene rings is 3. The van der Waals surface area contributed by atoms with E-state index >= 15 is 0 Å². The van der Waals surface area contributed by atoms with E-state index in [9.17, 15) is 14.7 Å². The van der Waals surface area contributed by atoms with Crippen LogP contribution in [0.3, 0.4) is 0 Å². The second-order valence-corrected chi connectivity index (χ2v) is 9.15. The molecule has 1 aromatic heterocycles. The van der Waals surface area contributed by atoms with Crippen LogP contribution in [0.4, 0.5) is 0 Å². The van der Waals surface area contributed by atoms with Gasteiger partial charge in [-0.2, -0.15) is 5.10 Å². The summed E-state index contributed by atoms with van der Waals surface area (Å²) in [6, 6.07) is 28.2. The van der Waals surface area contributed by atoms with Crippen LogP contribution in [0.15, 0.2) is 95.9 Å². The van der Waals surface area contributed by atoms with Gasteiger partial charge in [0, 0.05) is 18.5 Å². The first-order chi connectivity index (χ1) is 17.0. The number of carbonyl (C=O) groups excluding carboxylic acids is 1. The van der Waals surface area contributed by atoms with Crippen LogP contribution < -0.4 is 5.43 Å². The molecule has 2 atom stereocenters. The summed E-state index contributed by atoms with van der Waals surface area (Å²) in [6.45, 7) is 4.27. The molecular weight excluding hydrogens is 438 g/mol. The molecule has 35 heavy (non-hydrogen) atoms. The van der Waals surface area contributed by atoms with Crippen LogP contribution in [0, 0.1) is 0 Å². The number of aromatic nitrogens is 2. The molecule has 0 saturated heterocycles. The van der Waals surface area contributed by atoms with Gasteiger partial charge in [0.05, 0.1) is 12.2 Å². The molecule has 0 fully saturated rings. The van der Waals surface area contributed by atoms with Gasteiger partial charge >= 0.3 is 0 Å². The number of carbonyl (C=O) groups is 1. The standard InChI is InChI=1S/C29H27N3O3/c1-19(2)31-18-24(32-27(29(31)35)28(34)25(33)17-30-32)26(21-12-7-4-8-13-21)23-15-9-14-22(16-23)20-10-5-3-6-11-20/h3-17,19,24,26,34H,18H2,1-2H3. The van der Waals surface area contributed by atoms with E-state index in [1.807, 2.05) is 56.3 Å². The van der Waals surface area contributed by atoms with Crippen LogP contribution >= 0.6 is 0 Å². The Bertz CT molecular complexity index is 1410. The molecule has 176 valence electrons. The fraction of sp³-hybridized carbons (Fsp3) is 0.207. The zero-order chi connectivity index (χ0) is 24.5. The van der Waals surface area contributed by atoms with Crippen molar-refractivity contribution < 1.29 is 9.90 Å². The van der Waals surface area contributed by atoms with Gasteiger partial charge in [-0.1, -0.05) is 84.9 Å². The second kappa shape index (κ2) is 9.22. The van der Waals surface area contributed by atoms with E-state index in [-0.39, 0.29) is 29.6 Å². The molecule has 0 saturated carbocycles. The van der Waals surface area contributed by atoms with E-state index in [1.165, 1.54) is 0 Å². The summed E-state index contributed by atoms with van der Waals surface area (Å²) in [7, 11) is 0. The first kappa shape index (κ1) is 22.6. The minimum Gasteiger partial charge on any atom is -0.502 e. The predicted octanol–water partition coefficient (Wildman–Crippen LogP) is 4.85. The van der Waals surface area contributed by atoms with Gasteiger partial charge in [0.25, 0.3) is 5.91 Å². The summed E-state index contributed by atoms with van der Waals surface area (Å²) in [5, 5.41) is 15.0. The summed E-state index contributed by atoms with van der Waals surface area (Å²) in [6.07, 6.45) is 1.09. The highest BCUT2D eigenvalue weighted by molar-refractivity contribution is 5.96. The maximum atomic E-state index is 13.3. The van der Waals surface area contributed by atoms with Gasteiger partial charge in [-0.3, -0.25) is 14.3 Å². The Balaban J connectivity index is 1.72. The van der Waals surface area contributed by atoms with Crippen molar-refractivity contribution in [2.24, 2.45) is 0 Å². The lowest BCUT2D eigenvalue weighted by Gasteiger charge is -2.41. The Labute approximate surface area is 204 Å². The molecule has 1 amide bonds. The smallest absolute Gasteiger partial charge is 0.276 e. The first-order valence-corrected chi connectivity index (χ1v) is 11.8. The number of hydrogen-bond donors (Lipinski definition) is 1. The number of aromatic hydroxyl groups is 1. The average molecular weight is 466 g/mol. The average Bonchev–Trinajstić information content (AvgIpc) is 2.88. The van der Waals surface area contributed by atoms with Crippen molar-refractivity contribution in [1.82, 2.24) is 14.7 Å². The van der Waals surface area contributed by atoms with Crippen LogP contribution in [0.5, 0.6) is 5.75 Å². The Morgan fingerprint density at radius 3 is 2.17 bits per heavy atom. The van der Waals surface area contributed by atoms with Crippen LogP contribution in [-0.2, 0) is 0 Å². The molecule has 5 rings (SSSR count). The zero-order valence-corrected chi connectivity index (χ0v) is 19.7. The summed E-state index contributed by atoms with van der Waals surface area (Å²) >= 11 is 0. The fourth-order valence-corrected chi connectivity index (χ4v) is 4.94. The normalized spacial score (nSPS) is 16.3. The second-order valence-electron chi connectivity index (χ2n) is 9.15. The Kier molecular flexibility index (Phi) is 5.95. The Hall–Kier alpha value is -4.19. The van der Waals surface area contributed by atoms with Gasteiger partial charge in [-0.15, -0.1) is 0 Å². The van der Waals surface area contributed by atoms with Gasteiger partial charge in [0.15, 0.2) is 11.4 Å². The molecule has 0 radical (unpaired) electrons. The van der Waals surface area contributed by atoms with Crippen LogP contribution in [0.25, 0.3) is 11.1 Å². The van der Waals surface area contributed by atoms with Crippen LogP contribution in [-0.4, -0.2) is 38.3 Å². The van der Waals surface area contributed by atoms with E-state index in [0.717, 1.165) is 28.5 Å². The molecule has 3 aromatic carbocycles. The Morgan fingerprint density at radius 1 is 0.857 bits per heavy atom. The summed E-state index contributed by atoms with van der Waals surface area (Å²) in [5.41, 5.74) is 3.62. The predicted molar refractivity (Wildman–Crippen MR) is 136 cm³/mol. The zero-order valence-electron chi connectivity index (χ0n) is 19.7. The minimum absolute atomic E-state index is 0.0532. The van der Waals surface area contributed by atoms with Crippen molar-refractivity contribution in [1.29, 1.82) is 0 Å². The van der Waals surface area contributed by atoms with E-state index in [1.54, 1.807) is 9.58 Å². The molecule has 0 aliphatic carbocycles. The number of nitrogens with zero attached hydrogens (tertiary/aromatic N) is 3. The Morgan fingerprint density at radius 2 is 1.49 bits per heavy atom. The number of hydrogen-bond acceptors (Lipinski definition) is 4. The molecular formula is C29H27N3O3. The van der Waals surface area contributed by atoms with Crippen molar-refractivity contribution in [3.05, 3.63) is 118 Å². The van der Waals surface area contributed by atoms with Crippen molar-refractivity contribution >= 4 is 5.91 Å². The number of fused-ring (bicyclic) bond motifs is 1. The number of rotatable bonds is 5. The van der Waals surface area contributed by atoms with E-state index in [0.29, 0.717) is 6.54 Å². The maximum Gasteiger partial charge on any atom is 0.276 e. The molecule has 6 heteroatoms. The molecule has 1 aliphatic rings. The molecule has 1 aliphatic heterocycles. The van der Waals surface area contributed by atoms with E-state index in [4.69, 9.17) is 0 Å². The van der Waals surface area contributed by atoms with Gasteiger partial charge in [-0.05, 0) is 36.1 Å². The fourth-order valence-electron chi connectivity index (χ4n) is 4.94. The van der Waals surface area contributed by atoms with Gasteiger partial charge in [0.2, 0.25) is 5.43 Å². The third kappa shape index (κ3) is 4.12. The molecule has 0 bridgehead atoms. The van der Waals surface area contributed by atoms with Gasteiger partial charge in [0.1, 0.15) is 0 Å². The van der Waals surface area contributed by atoms with Crippen LogP contribution in [0.2, 0.25) is 0 Å². The first-order valence-electron chi connectivity index (χ1n) is 11.8. The highest BCUT2D eigenvalue weighted by Crippen LogP contribution is 2.40. The topological polar surface area (TPSA) is 75.4 Å². The van der Waals surface area contributed by atoms with Crippen molar-refractivity contribution in [2.45, 2.75) is 31.8 Å². The third-order valence-corrected chi connectivity index (χ3v) is 6.67. The molecule has 2 heterocycles. The number of amides is 1. The largest absolute Gasteiger partial charge is 0.502 e. The molecule has 1 N–H and O–H groups in total. The molecule has 4 aromatic rings. The van der Waals surface area contributed by atoms with Crippen molar-refractivity contribution in [3.63, 3.8) is 0 Å². The minimum atomic E-state index is -0.656. The summed E-state index contributed by atoms with van der Waals surface area (Å²) in [4.78, 5) is 27.2. The highest BCUT2D eigenvalue weighted by atomic mass is 16.3. The van der Waals surface area contributed by atoms with Gasteiger partial charge < -0.3 is 10.0 Å².